The Labute approximate surface area is 503 Å². The van der Waals surface area contributed by atoms with Crippen molar-refractivity contribution in [3.05, 3.63) is 54.1 Å². The number of carboxylic acids is 1. The number of benzene rings is 1. The van der Waals surface area contributed by atoms with E-state index < -0.39 is 145 Å². The summed E-state index contributed by atoms with van der Waals surface area (Å²) in [7, 11) is 0. The fourth-order valence-corrected chi connectivity index (χ4v) is 8.88. The minimum Gasteiger partial charge on any atom is -0.480 e. The number of hydrogen-bond acceptors (Lipinski definition) is 16. The molecule has 0 saturated carbocycles. The summed E-state index contributed by atoms with van der Waals surface area (Å²) in [5, 5.41) is 53.8. The van der Waals surface area contributed by atoms with Crippen molar-refractivity contribution in [1.29, 1.82) is 0 Å². The van der Waals surface area contributed by atoms with Crippen molar-refractivity contribution in [3.63, 3.8) is 0 Å². The summed E-state index contributed by atoms with van der Waals surface area (Å²) >= 11 is 0. The lowest BCUT2D eigenvalue weighted by Crippen LogP contribution is -2.62. The standard InChI is InChI=1S/C57H96N16O13/c1-9-33(7)45(72-47(76)37(59)19-16-22-63-57(60)61)55(84)68-39(23-31(3)4)49(78)67-41(26-36-27-62-30-64-36)51(80)73-46(34(8)10-2)54(83)65-38(20-14-15-21-58)48(77)70-44(29-75)53(82)71-43(28-74)52(81)66-40(25-35-17-12-11-13-18-35)50(79)69-42(56(85)86)24-32(5)6/h11-13,17-18,27,30-34,37-46,74-75H,9-10,14-16,19-26,28-29,58-59H2,1-8H3,(H,62,64)(H,65,83)(H,66,81)(H,67,78)(H,68,84)(H,69,79)(H,70,77)(H,71,82)(H,72,76)(H,73,80)(H,85,86)(H4,60,61,63)/t33-,34-,37-,38-,39-,40-,41-,42-,43-,44-,45-,46-/m0/s1. The molecule has 0 aliphatic carbocycles. The number of unbranched alkanes of at least 4 members (excludes halogenated alkanes) is 1. The van der Waals surface area contributed by atoms with E-state index in [2.05, 4.69) is 62.8 Å². The Kier molecular flexibility index (Phi) is 33.7. The maximum absolute atomic E-state index is 14.5. The number of carboxylic acid groups (broad SMARTS) is 1. The molecule has 0 radical (unpaired) electrons. The number of aliphatic hydroxyl groups is 2. The first-order valence-electron chi connectivity index (χ1n) is 29.4. The summed E-state index contributed by atoms with van der Waals surface area (Å²) in [6, 6.07) is -5.20. The summed E-state index contributed by atoms with van der Waals surface area (Å²) in [4.78, 5) is 149. The molecule has 1 aromatic carbocycles. The second-order valence-corrected chi connectivity index (χ2v) is 22.4. The van der Waals surface area contributed by atoms with Crippen LogP contribution in [0.5, 0.6) is 0 Å². The zero-order valence-corrected chi connectivity index (χ0v) is 50.9. The van der Waals surface area contributed by atoms with Crippen molar-refractivity contribution in [2.75, 3.05) is 26.3 Å². The quantitative estimate of drug-likeness (QED) is 0.0183. The molecule has 2 aromatic rings. The largest absolute Gasteiger partial charge is 0.480 e. The van der Waals surface area contributed by atoms with Crippen LogP contribution in [-0.2, 0) is 60.8 Å². The fourth-order valence-electron chi connectivity index (χ4n) is 8.88. The van der Waals surface area contributed by atoms with Gasteiger partial charge in [0, 0.05) is 31.3 Å². The zero-order valence-electron chi connectivity index (χ0n) is 50.9. The number of aromatic nitrogens is 2. The van der Waals surface area contributed by atoms with E-state index in [0.29, 0.717) is 36.9 Å². The topological polar surface area (TPSA) is 485 Å². The number of imidazole rings is 1. The van der Waals surface area contributed by atoms with Crippen molar-refractivity contribution >= 4 is 65.1 Å². The zero-order chi connectivity index (χ0) is 64.6. The van der Waals surface area contributed by atoms with Crippen LogP contribution < -0.4 is 70.8 Å². The first kappa shape index (κ1) is 74.3. The van der Waals surface area contributed by atoms with Crippen molar-refractivity contribution in [2.24, 2.45) is 51.6 Å². The number of rotatable bonds is 41. The van der Waals surface area contributed by atoms with E-state index in [-0.39, 0.29) is 75.8 Å². The van der Waals surface area contributed by atoms with Gasteiger partial charge in [0.1, 0.15) is 54.4 Å². The maximum atomic E-state index is 14.5. The lowest BCUT2D eigenvalue weighted by Gasteiger charge is -2.30. The van der Waals surface area contributed by atoms with Gasteiger partial charge < -0.3 is 91.1 Å². The van der Waals surface area contributed by atoms with Crippen molar-refractivity contribution in [1.82, 2.24) is 57.8 Å². The van der Waals surface area contributed by atoms with E-state index in [1.807, 2.05) is 20.8 Å². The number of aliphatic imine (C=N–C) groups is 1. The molecule has 21 N–H and O–H groups in total. The highest BCUT2D eigenvalue weighted by Crippen LogP contribution is 2.15. The van der Waals surface area contributed by atoms with Crippen LogP contribution in [0, 0.1) is 23.7 Å². The lowest BCUT2D eigenvalue weighted by atomic mass is 9.95. The van der Waals surface area contributed by atoms with E-state index in [1.54, 1.807) is 65.0 Å². The Morgan fingerprint density at radius 2 is 0.988 bits per heavy atom. The van der Waals surface area contributed by atoms with Crippen LogP contribution in [0.4, 0.5) is 0 Å². The molecular weight excluding hydrogens is 1120 g/mol. The highest BCUT2D eigenvalue weighted by Gasteiger charge is 2.37. The van der Waals surface area contributed by atoms with E-state index in [4.69, 9.17) is 22.9 Å². The summed E-state index contributed by atoms with van der Waals surface area (Å²) < 4.78 is 0. The number of H-pyrrole nitrogens is 1. The molecule has 2 rings (SSSR count). The molecule has 1 heterocycles. The average molecular weight is 1210 g/mol. The van der Waals surface area contributed by atoms with Gasteiger partial charge in [-0.05, 0) is 80.7 Å². The number of guanidine groups is 1. The van der Waals surface area contributed by atoms with Crippen LogP contribution in [-0.4, -0.2) is 177 Å². The number of aromatic amines is 1. The molecule has 29 nitrogen and oxygen atoms in total. The second-order valence-electron chi connectivity index (χ2n) is 22.4. The number of carbonyl (C=O) groups excluding carboxylic acids is 9. The third-order valence-electron chi connectivity index (χ3n) is 14.3. The number of amides is 9. The normalized spacial score (nSPS) is 15.5. The number of carbonyl (C=O) groups is 10. The summed E-state index contributed by atoms with van der Waals surface area (Å²) in [6.07, 6.45) is 4.75. The number of aliphatic carboxylic acids is 1. The van der Waals surface area contributed by atoms with Gasteiger partial charge in [0.05, 0.1) is 25.6 Å². The van der Waals surface area contributed by atoms with Gasteiger partial charge in [0.2, 0.25) is 53.2 Å². The van der Waals surface area contributed by atoms with Crippen molar-refractivity contribution < 1.29 is 63.3 Å². The molecule has 0 fully saturated rings. The van der Waals surface area contributed by atoms with Gasteiger partial charge in [-0.25, -0.2) is 9.78 Å². The van der Waals surface area contributed by atoms with Gasteiger partial charge in [-0.2, -0.15) is 0 Å². The minimum absolute atomic E-state index is 0.0430. The Balaban J connectivity index is 2.39. The predicted octanol–water partition coefficient (Wildman–Crippen LogP) is -2.68. The van der Waals surface area contributed by atoms with E-state index in [1.165, 1.54) is 12.5 Å². The first-order valence-corrected chi connectivity index (χ1v) is 29.4. The van der Waals surface area contributed by atoms with Crippen LogP contribution in [0.15, 0.2) is 47.8 Å². The third kappa shape index (κ3) is 26.7. The molecular formula is C57H96N16O13. The van der Waals surface area contributed by atoms with Crippen molar-refractivity contribution in [3.8, 4) is 0 Å². The van der Waals surface area contributed by atoms with Crippen LogP contribution in [0.1, 0.15) is 124 Å². The number of aliphatic hydroxyl groups excluding tert-OH is 2. The summed E-state index contributed by atoms with van der Waals surface area (Å²) in [5.74, 6) is -10.4. The fraction of sp³-hybridized carbons (Fsp3) is 0.649. The molecule has 9 amide bonds. The molecule has 0 bridgehead atoms. The first-order chi connectivity index (χ1) is 40.7. The number of hydrogen-bond donors (Lipinski definition) is 17. The second kappa shape index (κ2) is 39.0. The van der Waals surface area contributed by atoms with Gasteiger partial charge >= 0.3 is 5.97 Å². The molecule has 1 aromatic heterocycles. The molecule has 12 atom stereocenters. The number of nitrogens with zero attached hydrogens (tertiary/aromatic N) is 2. The smallest absolute Gasteiger partial charge is 0.326 e. The van der Waals surface area contributed by atoms with Gasteiger partial charge in [-0.1, -0.05) is 98.6 Å². The van der Waals surface area contributed by atoms with E-state index in [0.717, 1.165) is 0 Å². The van der Waals surface area contributed by atoms with Gasteiger partial charge in [-0.3, -0.25) is 48.1 Å². The van der Waals surface area contributed by atoms with E-state index in [9.17, 15) is 63.3 Å². The Hall–Kier alpha value is -7.76. The summed E-state index contributed by atoms with van der Waals surface area (Å²) in [6.45, 7) is 12.6. The molecule has 0 aliphatic rings. The molecule has 0 unspecified atom stereocenters. The maximum Gasteiger partial charge on any atom is 0.326 e. The summed E-state index contributed by atoms with van der Waals surface area (Å²) in [5.41, 5.74) is 23.7. The van der Waals surface area contributed by atoms with Gasteiger partial charge in [0.25, 0.3) is 0 Å². The highest BCUT2D eigenvalue weighted by atomic mass is 16.4. The minimum atomic E-state index is -1.77. The molecule has 0 aliphatic heterocycles. The molecule has 0 saturated heterocycles. The van der Waals surface area contributed by atoms with Gasteiger partial charge in [-0.15, -0.1) is 0 Å². The third-order valence-corrected chi connectivity index (χ3v) is 14.3. The predicted molar refractivity (Wildman–Crippen MR) is 320 cm³/mol. The molecule has 86 heavy (non-hydrogen) atoms. The lowest BCUT2D eigenvalue weighted by molar-refractivity contribution is -0.143. The Morgan fingerprint density at radius 3 is 1.47 bits per heavy atom. The van der Waals surface area contributed by atoms with Crippen molar-refractivity contribution in [2.45, 2.75) is 186 Å². The SMILES string of the molecule is CC[C@H](C)[C@H](NC(=O)[C@H](Cc1cnc[nH]1)NC(=O)[C@H](CC(C)C)NC(=O)[C@@H](NC(=O)[C@@H](N)CCCN=C(N)N)[C@@H](C)CC)C(=O)N[C@@H](CCCCN)C(=O)N[C@@H](CO)C(=O)N[C@@H](CO)C(=O)N[C@@H](Cc1ccccc1)C(=O)N[C@@H](CC(C)C)C(=O)O. The molecule has 0 spiro atoms. The number of nitrogens with one attached hydrogen (secondary N) is 10. The van der Waals surface area contributed by atoms with Crippen LogP contribution in [0.2, 0.25) is 0 Å². The number of nitrogens with two attached hydrogens (primary N) is 4. The van der Waals surface area contributed by atoms with Gasteiger partial charge in [0.15, 0.2) is 5.96 Å². The van der Waals surface area contributed by atoms with Crippen LogP contribution in [0.25, 0.3) is 0 Å². The molecule has 29 heteroatoms. The van der Waals surface area contributed by atoms with Crippen LogP contribution in [0.3, 0.4) is 0 Å². The van der Waals surface area contributed by atoms with E-state index >= 15 is 0 Å². The highest BCUT2D eigenvalue weighted by molar-refractivity contribution is 5.99. The molecule has 482 valence electrons. The Bertz CT molecular complexity index is 2500. The van der Waals surface area contributed by atoms with Crippen LogP contribution >= 0.6 is 0 Å². The average Bonchev–Trinajstić information content (AvgIpc) is 3.64. The Morgan fingerprint density at radius 1 is 0.547 bits per heavy atom. The monoisotopic (exact) mass is 1210 g/mol.